The molecule has 1 atom stereocenters. The van der Waals surface area contributed by atoms with Crippen molar-refractivity contribution in [3.8, 4) is 0 Å². The number of hydrogen-bond donors (Lipinski definition) is 1. The molecule has 0 bridgehead atoms. The second-order valence-electron chi connectivity index (χ2n) is 5.65. The summed E-state index contributed by atoms with van der Waals surface area (Å²) in [7, 11) is 3.86. The molecule has 1 aromatic carbocycles. The highest BCUT2D eigenvalue weighted by molar-refractivity contribution is 5.94. The van der Waals surface area contributed by atoms with Crippen LogP contribution in [0, 0.1) is 6.92 Å². The summed E-state index contributed by atoms with van der Waals surface area (Å²) in [5.74, 6) is 0.777. The van der Waals surface area contributed by atoms with Crippen LogP contribution in [0.2, 0.25) is 0 Å². The van der Waals surface area contributed by atoms with Gasteiger partial charge in [-0.05, 0) is 39.9 Å². The highest BCUT2D eigenvalue weighted by atomic mass is 16.2. The van der Waals surface area contributed by atoms with Crippen molar-refractivity contribution >= 4 is 11.7 Å². The molecule has 1 heterocycles. The van der Waals surface area contributed by atoms with Crippen LogP contribution in [0.4, 0.5) is 5.82 Å². The smallest absolute Gasteiger partial charge is 0.243 e. The average molecular weight is 300 g/mol. The van der Waals surface area contributed by atoms with E-state index in [1.165, 1.54) is 0 Å². The zero-order valence-corrected chi connectivity index (χ0v) is 13.7. The number of nitrogens with one attached hydrogen (secondary N) is 1. The molecule has 0 saturated heterocycles. The molecule has 0 unspecified atom stereocenters. The van der Waals surface area contributed by atoms with Gasteiger partial charge in [-0.2, -0.15) is 5.10 Å². The third-order valence-electron chi connectivity index (χ3n) is 3.76. The van der Waals surface area contributed by atoms with Crippen molar-refractivity contribution in [2.24, 2.45) is 0 Å². The van der Waals surface area contributed by atoms with Crippen molar-refractivity contribution in [3.05, 3.63) is 47.7 Å². The van der Waals surface area contributed by atoms with Crippen LogP contribution in [0.25, 0.3) is 0 Å². The summed E-state index contributed by atoms with van der Waals surface area (Å²) in [5, 5.41) is 7.30. The van der Waals surface area contributed by atoms with E-state index in [0.29, 0.717) is 6.42 Å². The van der Waals surface area contributed by atoms with E-state index < -0.39 is 0 Å². The standard InChI is InChI=1S/C17H24N4O/c1-5-21-16(13(2)12-18-21)19-17(22)15(20(3)4)11-14-9-7-6-8-10-14/h6-10,12,15H,5,11H2,1-4H3,(H,19,22)/t15-/m0/s1. The normalized spacial score (nSPS) is 12.4. The van der Waals surface area contributed by atoms with Crippen LogP contribution in [-0.2, 0) is 17.8 Å². The predicted octanol–water partition coefficient (Wildman–Crippen LogP) is 2.32. The Bertz CT molecular complexity index is 619. The molecule has 5 heteroatoms. The summed E-state index contributed by atoms with van der Waals surface area (Å²) in [4.78, 5) is 14.6. The summed E-state index contributed by atoms with van der Waals surface area (Å²) in [5.41, 5.74) is 2.13. The number of aromatic nitrogens is 2. The van der Waals surface area contributed by atoms with E-state index in [0.717, 1.165) is 23.5 Å². The minimum Gasteiger partial charge on any atom is -0.309 e. The first-order chi connectivity index (χ1) is 10.5. The molecule has 2 rings (SSSR count). The third-order valence-corrected chi connectivity index (χ3v) is 3.76. The molecule has 0 fully saturated rings. The molecule has 1 amide bonds. The molecule has 0 aliphatic carbocycles. The lowest BCUT2D eigenvalue weighted by Gasteiger charge is -2.24. The average Bonchev–Trinajstić information content (AvgIpc) is 2.86. The molecule has 22 heavy (non-hydrogen) atoms. The van der Waals surface area contributed by atoms with Gasteiger partial charge in [0, 0.05) is 12.1 Å². The van der Waals surface area contributed by atoms with Crippen molar-refractivity contribution in [3.63, 3.8) is 0 Å². The van der Waals surface area contributed by atoms with E-state index in [4.69, 9.17) is 0 Å². The van der Waals surface area contributed by atoms with Crippen LogP contribution >= 0.6 is 0 Å². The zero-order valence-electron chi connectivity index (χ0n) is 13.7. The molecule has 2 aromatic rings. The Balaban J connectivity index is 2.15. The van der Waals surface area contributed by atoms with Crippen LogP contribution in [0.5, 0.6) is 0 Å². The van der Waals surface area contributed by atoms with E-state index in [1.54, 1.807) is 6.20 Å². The van der Waals surface area contributed by atoms with Crippen LogP contribution in [0.3, 0.4) is 0 Å². The van der Waals surface area contributed by atoms with Crippen molar-refractivity contribution in [2.45, 2.75) is 32.9 Å². The number of rotatable bonds is 6. The molecule has 1 aromatic heterocycles. The largest absolute Gasteiger partial charge is 0.309 e. The van der Waals surface area contributed by atoms with Gasteiger partial charge in [0.15, 0.2) is 0 Å². The SMILES string of the molecule is CCn1ncc(C)c1NC(=O)[C@H](Cc1ccccc1)N(C)C. The number of carbonyl (C=O) groups excluding carboxylic acids is 1. The van der Waals surface area contributed by atoms with Crippen molar-refractivity contribution in [1.82, 2.24) is 14.7 Å². The second kappa shape index (κ2) is 7.22. The molecular formula is C17H24N4O. The highest BCUT2D eigenvalue weighted by Gasteiger charge is 2.23. The summed E-state index contributed by atoms with van der Waals surface area (Å²) in [6.07, 6.45) is 2.46. The topological polar surface area (TPSA) is 50.2 Å². The quantitative estimate of drug-likeness (QED) is 0.891. The summed E-state index contributed by atoms with van der Waals surface area (Å²) < 4.78 is 1.81. The molecule has 0 saturated carbocycles. The van der Waals surface area contributed by atoms with E-state index in [1.807, 2.05) is 67.9 Å². The Kier molecular flexibility index (Phi) is 5.33. The van der Waals surface area contributed by atoms with E-state index in [2.05, 4.69) is 10.4 Å². The lowest BCUT2D eigenvalue weighted by atomic mass is 10.0. The molecule has 0 spiro atoms. The minimum atomic E-state index is -0.220. The lowest BCUT2D eigenvalue weighted by molar-refractivity contribution is -0.120. The number of anilines is 1. The van der Waals surface area contributed by atoms with Gasteiger partial charge in [0.2, 0.25) is 5.91 Å². The van der Waals surface area contributed by atoms with Gasteiger partial charge in [-0.3, -0.25) is 9.69 Å². The highest BCUT2D eigenvalue weighted by Crippen LogP contribution is 2.16. The number of aryl methyl sites for hydroxylation is 2. The lowest BCUT2D eigenvalue weighted by Crippen LogP contribution is -2.41. The van der Waals surface area contributed by atoms with Crippen LogP contribution in [0.1, 0.15) is 18.1 Å². The van der Waals surface area contributed by atoms with Crippen LogP contribution in [0.15, 0.2) is 36.5 Å². The van der Waals surface area contributed by atoms with Crippen molar-refractivity contribution < 1.29 is 4.79 Å². The van der Waals surface area contributed by atoms with E-state index >= 15 is 0 Å². The molecular weight excluding hydrogens is 276 g/mol. The van der Waals surface area contributed by atoms with Gasteiger partial charge in [0.25, 0.3) is 0 Å². The predicted molar refractivity (Wildman–Crippen MR) is 88.9 cm³/mol. The third kappa shape index (κ3) is 3.74. The van der Waals surface area contributed by atoms with Gasteiger partial charge in [-0.15, -0.1) is 0 Å². The monoisotopic (exact) mass is 300 g/mol. The Morgan fingerprint density at radius 3 is 2.59 bits per heavy atom. The number of carbonyl (C=O) groups is 1. The van der Waals surface area contributed by atoms with Crippen molar-refractivity contribution in [1.29, 1.82) is 0 Å². The van der Waals surface area contributed by atoms with Crippen LogP contribution < -0.4 is 5.32 Å². The molecule has 5 nitrogen and oxygen atoms in total. The first-order valence-corrected chi connectivity index (χ1v) is 7.56. The minimum absolute atomic E-state index is 0.00727. The summed E-state index contributed by atoms with van der Waals surface area (Å²) in [6.45, 7) is 4.70. The Hall–Kier alpha value is -2.14. The first-order valence-electron chi connectivity index (χ1n) is 7.56. The van der Waals surface area contributed by atoms with E-state index in [9.17, 15) is 4.79 Å². The Morgan fingerprint density at radius 2 is 2.00 bits per heavy atom. The summed E-state index contributed by atoms with van der Waals surface area (Å²) >= 11 is 0. The van der Waals surface area contributed by atoms with Gasteiger partial charge in [0.05, 0.1) is 12.2 Å². The molecule has 0 aliphatic heterocycles. The maximum absolute atomic E-state index is 12.7. The Morgan fingerprint density at radius 1 is 1.32 bits per heavy atom. The fourth-order valence-corrected chi connectivity index (χ4v) is 2.43. The zero-order chi connectivity index (χ0) is 16.1. The van der Waals surface area contributed by atoms with Crippen LogP contribution in [-0.4, -0.2) is 40.7 Å². The summed E-state index contributed by atoms with van der Waals surface area (Å²) in [6, 6.07) is 9.85. The number of benzene rings is 1. The maximum Gasteiger partial charge on any atom is 0.243 e. The Labute approximate surface area is 131 Å². The van der Waals surface area contributed by atoms with Gasteiger partial charge < -0.3 is 5.32 Å². The second-order valence-corrected chi connectivity index (χ2v) is 5.65. The van der Waals surface area contributed by atoms with Gasteiger partial charge in [-0.1, -0.05) is 30.3 Å². The number of nitrogens with zero attached hydrogens (tertiary/aromatic N) is 3. The fraction of sp³-hybridized carbons (Fsp3) is 0.412. The fourth-order valence-electron chi connectivity index (χ4n) is 2.43. The molecule has 0 radical (unpaired) electrons. The number of amides is 1. The number of hydrogen-bond acceptors (Lipinski definition) is 3. The van der Waals surface area contributed by atoms with Gasteiger partial charge in [0.1, 0.15) is 5.82 Å². The number of likely N-dealkylation sites (N-methyl/N-ethyl adjacent to an activating group) is 1. The molecule has 118 valence electrons. The van der Waals surface area contributed by atoms with Gasteiger partial charge in [-0.25, -0.2) is 4.68 Å². The van der Waals surface area contributed by atoms with Gasteiger partial charge >= 0.3 is 0 Å². The first kappa shape index (κ1) is 16.2. The molecule has 1 N–H and O–H groups in total. The molecule has 0 aliphatic rings. The van der Waals surface area contributed by atoms with E-state index in [-0.39, 0.29) is 11.9 Å². The van der Waals surface area contributed by atoms with Crippen molar-refractivity contribution in [2.75, 3.05) is 19.4 Å². The maximum atomic E-state index is 12.7.